The molecule has 0 aliphatic carbocycles. The van der Waals surface area contributed by atoms with E-state index in [2.05, 4.69) is 72.8 Å². The van der Waals surface area contributed by atoms with E-state index in [1.165, 1.54) is 16.7 Å². The summed E-state index contributed by atoms with van der Waals surface area (Å²) in [4.78, 5) is 6.02. The van der Waals surface area contributed by atoms with Gasteiger partial charge in [0.2, 0.25) is 0 Å². The summed E-state index contributed by atoms with van der Waals surface area (Å²) in [7, 11) is 0. The fourth-order valence-electron chi connectivity index (χ4n) is 2.62. The van der Waals surface area contributed by atoms with Gasteiger partial charge in [0.15, 0.2) is 0 Å². The van der Waals surface area contributed by atoms with Crippen molar-refractivity contribution in [2.45, 2.75) is 13.1 Å². The lowest BCUT2D eigenvalue weighted by Gasteiger charge is -2.21. The molecule has 0 unspecified atom stereocenters. The molecule has 3 aromatic carbocycles. The molecule has 0 N–H and O–H groups in total. The van der Waals surface area contributed by atoms with Crippen LogP contribution in [0, 0.1) is 0 Å². The van der Waals surface area contributed by atoms with Crippen molar-refractivity contribution < 1.29 is 4.84 Å². The third-order valence-corrected chi connectivity index (χ3v) is 3.87. The molecule has 2 heteroatoms. The van der Waals surface area contributed by atoms with Gasteiger partial charge in [0.05, 0.1) is 6.61 Å². The molecule has 0 aromatic heterocycles. The van der Waals surface area contributed by atoms with Gasteiger partial charge in [-0.05, 0) is 16.7 Å². The van der Waals surface area contributed by atoms with Crippen LogP contribution in [-0.2, 0) is 17.9 Å². The van der Waals surface area contributed by atoms with Crippen LogP contribution in [0.2, 0.25) is 0 Å². The Bertz CT molecular complexity index is 712. The normalized spacial score (nSPS) is 11.2. The van der Waals surface area contributed by atoms with Gasteiger partial charge in [0.25, 0.3) is 0 Å². The molecule has 0 fully saturated rings. The maximum atomic E-state index is 6.02. The SMILES string of the molecule is C(=C\c1ccccc1)/CON(Cc1ccccc1)Cc1ccccc1. The predicted molar refractivity (Wildman–Crippen MR) is 104 cm³/mol. The minimum absolute atomic E-state index is 0.550. The quantitative estimate of drug-likeness (QED) is 0.518. The first-order valence-electron chi connectivity index (χ1n) is 8.57. The van der Waals surface area contributed by atoms with Crippen molar-refractivity contribution in [3.05, 3.63) is 114 Å². The molecular weight excluding hydrogens is 306 g/mol. The number of nitrogens with zero attached hydrogens (tertiary/aromatic N) is 1. The van der Waals surface area contributed by atoms with Crippen LogP contribution in [-0.4, -0.2) is 11.7 Å². The number of hydroxylamine groups is 2. The van der Waals surface area contributed by atoms with Crippen molar-refractivity contribution >= 4 is 6.08 Å². The highest BCUT2D eigenvalue weighted by Crippen LogP contribution is 2.11. The molecule has 25 heavy (non-hydrogen) atoms. The Labute approximate surface area is 150 Å². The average molecular weight is 329 g/mol. The van der Waals surface area contributed by atoms with E-state index < -0.39 is 0 Å². The molecule has 0 heterocycles. The molecule has 0 bridgehead atoms. The Hall–Kier alpha value is -2.68. The summed E-state index contributed by atoms with van der Waals surface area (Å²) < 4.78 is 0. The highest BCUT2D eigenvalue weighted by Gasteiger charge is 2.07. The van der Waals surface area contributed by atoms with Crippen molar-refractivity contribution in [3.8, 4) is 0 Å². The molecule has 0 saturated carbocycles. The maximum absolute atomic E-state index is 6.02. The molecule has 0 saturated heterocycles. The highest BCUT2D eigenvalue weighted by atomic mass is 16.7. The second-order valence-corrected chi connectivity index (χ2v) is 5.88. The third-order valence-electron chi connectivity index (χ3n) is 3.87. The summed E-state index contributed by atoms with van der Waals surface area (Å²) in [6.07, 6.45) is 4.14. The third kappa shape index (κ3) is 6.03. The Morgan fingerprint density at radius 3 is 1.64 bits per heavy atom. The molecule has 0 atom stereocenters. The fraction of sp³-hybridized carbons (Fsp3) is 0.130. The Morgan fingerprint density at radius 1 is 0.640 bits per heavy atom. The van der Waals surface area contributed by atoms with Crippen molar-refractivity contribution in [3.63, 3.8) is 0 Å². The summed E-state index contributed by atoms with van der Waals surface area (Å²) in [6.45, 7) is 2.07. The number of hydrogen-bond acceptors (Lipinski definition) is 2. The standard InChI is InChI=1S/C23H23NO/c1-4-11-21(12-5-1)17-10-18-25-24(19-22-13-6-2-7-14-22)20-23-15-8-3-9-16-23/h1-17H,18-20H2/b17-10+. The lowest BCUT2D eigenvalue weighted by molar-refractivity contribution is -0.163. The van der Waals surface area contributed by atoms with Crippen molar-refractivity contribution in [2.24, 2.45) is 0 Å². The first-order valence-corrected chi connectivity index (χ1v) is 8.57. The molecule has 0 aliphatic rings. The van der Waals surface area contributed by atoms with Gasteiger partial charge in [-0.1, -0.05) is 103 Å². The molecule has 0 radical (unpaired) electrons. The van der Waals surface area contributed by atoms with Gasteiger partial charge >= 0.3 is 0 Å². The van der Waals surface area contributed by atoms with Crippen LogP contribution in [0.25, 0.3) is 6.08 Å². The minimum atomic E-state index is 0.550. The smallest absolute Gasteiger partial charge is 0.0870 e. The van der Waals surface area contributed by atoms with Crippen LogP contribution in [0.5, 0.6) is 0 Å². The first kappa shape index (κ1) is 17.2. The molecular formula is C23H23NO. The van der Waals surface area contributed by atoms with Gasteiger partial charge in [-0.15, -0.1) is 0 Å². The van der Waals surface area contributed by atoms with Gasteiger partial charge in [-0.25, -0.2) is 0 Å². The van der Waals surface area contributed by atoms with E-state index in [9.17, 15) is 0 Å². The zero-order valence-electron chi connectivity index (χ0n) is 14.3. The van der Waals surface area contributed by atoms with Crippen LogP contribution in [0.1, 0.15) is 16.7 Å². The van der Waals surface area contributed by atoms with Gasteiger partial charge in [-0.2, -0.15) is 5.06 Å². The highest BCUT2D eigenvalue weighted by molar-refractivity contribution is 5.48. The zero-order chi connectivity index (χ0) is 17.2. The van der Waals surface area contributed by atoms with Crippen LogP contribution in [0.3, 0.4) is 0 Å². The van der Waals surface area contributed by atoms with Gasteiger partial charge < -0.3 is 0 Å². The van der Waals surface area contributed by atoms with Gasteiger partial charge in [0.1, 0.15) is 0 Å². The average Bonchev–Trinajstić information content (AvgIpc) is 2.67. The number of benzene rings is 3. The number of rotatable bonds is 8. The largest absolute Gasteiger partial charge is 0.294 e. The van der Waals surface area contributed by atoms with Crippen LogP contribution < -0.4 is 0 Å². The topological polar surface area (TPSA) is 12.5 Å². The summed E-state index contributed by atoms with van der Waals surface area (Å²) in [5, 5.41) is 2.01. The van der Waals surface area contributed by atoms with E-state index in [1.54, 1.807) is 0 Å². The Balaban J connectivity index is 1.60. The molecule has 0 spiro atoms. The predicted octanol–water partition coefficient (Wildman–Crippen LogP) is 5.33. The zero-order valence-corrected chi connectivity index (χ0v) is 14.3. The monoisotopic (exact) mass is 329 g/mol. The van der Waals surface area contributed by atoms with Gasteiger partial charge in [0, 0.05) is 13.1 Å². The lowest BCUT2D eigenvalue weighted by atomic mass is 10.2. The number of hydrogen-bond donors (Lipinski definition) is 0. The van der Waals surface area contributed by atoms with Crippen molar-refractivity contribution in [1.29, 1.82) is 0 Å². The summed E-state index contributed by atoms with van der Waals surface area (Å²) in [5.41, 5.74) is 3.67. The van der Waals surface area contributed by atoms with Crippen molar-refractivity contribution in [1.82, 2.24) is 5.06 Å². The molecule has 0 aliphatic heterocycles. The maximum Gasteiger partial charge on any atom is 0.0870 e. The Kier molecular flexibility index (Phi) is 6.57. The minimum Gasteiger partial charge on any atom is -0.294 e. The molecule has 3 rings (SSSR count). The first-order chi connectivity index (χ1) is 12.4. The molecule has 0 amide bonds. The van der Waals surface area contributed by atoms with Crippen molar-refractivity contribution in [2.75, 3.05) is 6.61 Å². The summed E-state index contributed by atoms with van der Waals surface area (Å²) in [6, 6.07) is 31.1. The second kappa shape index (κ2) is 9.58. The van der Waals surface area contributed by atoms with Crippen LogP contribution in [0.15, 0.2) is 97.1 Å². The van der Waals surface area contributed by atoms with E-state index >= 15 is 0 Å². The van der Waals surface area contributed by atoms with Crippen LogP contribution >= 0.6 is 0 Å². The second-order valence-electron chi connectivity index (χ2n) is 5.88. The van der Waals surface area contributed by atoms with E-state index in [0.29, 0.717) is 6.61 Å². The van der Waals surface area contributed by atoms with E-state index in [0.717, 1.165) is 13.1 Å². The molecule has 3 aromatic rings. The lowest BCUT2D eigenvalue weighted by Crippen LogP contribution is -2.23. The van der Waals surface area contributed by atoms with E-state index in [-0.39, 0.29) is 0 Å². The molecule has 2 nitrogen and oxygen atoms in total. The molecule has 126 valence electrons. The fourth-order valence-corrected chi connectivity index (χ4v) is 2.62. The van der Waals surface area contributed by atoms with Gasteiger partial charge in [-0.3, -0.25) is 4.84 Å². The summed E-state index contributed by atoms with van der Waals surface area (Å²) >= 11 is 0. The summed E-state index contributed by atoms with van der Waals surface area (Å²) in [5.74, 6) is 0. The van der Waals surface area contributed by atoms with E-state index in [1.807, 2.05) is 35.4 Å². The Morgan fingerprint density at radius 2 is 1.12 bits per heavy atom. The van der Waals surface area contributed by atoms with E-state index in [4.69, 9.17) is 4.84 Å². The van der Waals surface area contributed by atoms with Crippen LogP contribution in [0.4, 0.5) is 0 Å².